The van der Waals surface area contributed by atoms with Gasteiger partial charge in [0.15, 0.2) is 0 Å². The van der Waals surface area contributed by atoms with Crippen LogP contribution in [0.15, 0.2) is 30.3 Å². The molecule has 4 heterocycles. The van der Waals surface area contributed by atoms with Crippen LogP contribution in [-0.2, 0) is 22.6 Å². The number of hydrogen-bond donors (Lipinski definition) is 2. The van der Waals surface area contributed by atoms with Crippen molar-refractivity contribution in [2.24, 2.45) is 0 Å². The number of alkyl halides is 2. The number of fused-ring (bicyclic) bond motifs is 1. The minimum Gasteiger partial charge on any atom is -0.474 e. The number of anilines is 1. The molecule has 41 heavy (non-hydrogen) atoms. The lowest BCUT2D eigenvalue weighted by atomic mass is 10.0. The van der Waals surface area contributed by atoms with Gasteiger partial charge in [-0.1, -0.05) is 12.1 Å². The molecule has 0 radical (unpaired) electrons. The van der Waals surface area contributed by atoms with Gasteiger partial charge in [-0.25, -0.2) is 18.2 Å². The largest absolute Gasteiger partial charge is 0.474 e. The minimum absolute atomic E-state index is 0.00168. The highest BCUT2D eigenvalue weighted by Crippen LogP contribution is 2.35. The summed E-state index contributed by atoms with van der Waals surface area (Å²) < 4.78 is 52.0. The smallest absolute Gasteiger partial charge is 0.256 e. The van der Waals surface area contributed by atoms with Crippen LogP contribution in [0.3, 0.4) is 0 Å². The summed E-state index contributed by atoms with van der Waals surface area (Å²) in [6.07, 6.45) is -2.11. The number of nitrogens with zero attached hydrogens (tertiary/aromatic N) is 4. The number of ether oxygens (including phenoxy) is 2. The number of nitrogens with one attached hydrogen (secondary N) is 1. The van der Waals surface area contributed by atoms with Gasteiger partial charge in [-0.3, -0.25) is 14.6 Å². The van der Waals surface area contributed by atoms with Gasteiger partial charge in [0.05, 0.1) is 44.1 Å². The standard InChI is InChI=1S/C29H38F3N5O4/c1-18-12-36(23(11-33-18)13-35-7-8-40-17-26(35)28(31)32)14-27(39)37-19(2)16-41-29-25(37)10-21(24(15-38)34-29)9-20-3-5-22(30)6-4-20/h3-6,10,18-19,23,26,28,33,38H,7-9,11-17H2,1-2H3/t18-,19+,23-,26+/m1/s1. The van der Waals surface area contributed by atoms with Crippen molar-refractivity contribution in [2.45, 2.75) is 57.5 Å². The molecule has 2 aromatic rings. The van der Waals surface area contributed by atoms with Gasteiger partial charge in [-0.2, -0.15) is 0 Å². The Kier molecular flexibility index (Phi) is 9.45. The minimum atomic E-state index is -2.51. The molecule has 3 aliphatic heterocycles. The molecule has 0 spiro atoms. The Hall–Kier alpha value is -2.77. The first-order valence-corrected chi connectivity index (χ1v) is 14.1. The number of morpholine rings is 1. The Labute approximate surface area is 238 Å². The van der Waals surface area contributed by atoms with Gasteiger partial charge in [-0.05, 0) is 49.6 Å². The second kappa shape index (κ2) is 13.0. The monoisotopic (exact) mass is 577 g/mol. The van der Waals surface area contributed by atoms with Crippen molar-refractivity contribution < 1.29 is 32.5 Å². The van der Waals surface area contributed by atoms with Crippen molar-refractivity contribution in [3.63, 3.8) is 0 Å². The molecular weight excluding hydrogens is 539 g/mol. The summed E-state index contributed by atoms with van der Waals surface area (Å²) in [5.41, 5.74) is 2.51. The molecule has 1 aromatic heterocycles. The lowest BCUT2D eigenvalue weighted by molar-refractivity contribution is -0.122. The topological polar surface area (TPSA) is 90.4 Å². The highest BCUT2D eigenvalue weighted by atomic mass is 19.3. The van der Waals surface area contributed by atoms with E-state index in [4.69, 9.17) is 9.47 Å². The van der Waals surface area contributed by atoms with E-state index in [0.717, 1.165) is 5.56 Å². The first kappa shape index (κ1) is 29.7. The molecular formula is C29H38F3N5O4. The first-order chi connectivity index (χ1) is 19.7. The van der Waals surface area contributed by atoms with Crippen molar-refractivity contribution >= 4 is 11.6 Å². The Morgan fingerprint density at radius 3 is 2.71 bits per heavy atom. The number of aliphatic hydroxyl groups excluding tert-OH is 1. The van der Waals surface area contributed by atoms with E-state index in [-0.39, 0.29) is 62.1 Å². The zero-order valence-electron chi connectivity index (χ0n) is 23.4. The second-order valence-corrected chi connectivity index (χ2v) is 11.2. The van der Waals surface area contributed by atoms with E-state index >= 15 is 0 Å². The summed E-state index contributed by atoms with van der Waals surface area (Å²) in [5.74, 6) is -0.195. The van der Waals surface area contributed by atoms with E-state index in [1.54, 1.807) is 21.9 Å². The van der Waals surface area contributed by atoms with Crippen molar-refractivity contribution in [1.82, 2.24) is 20.1 Å². The molecule has 9 nitrogen and oxygen atoms in total. The zero-order valence-corrected chi connectivity index (χ0v) is 23.4. The van der Waals surface area contributed by atoms with E-state index in [9.17, 15) is 23.1 Å². The Bertz CT molecular complexity index is 1200. The van der Waals surface area contributed by atoms with Crippen LogP contribution in [-0.4, -0.2) is 109 Å². The van der Waals surface area contributed by atoms with Gasteiger partial charge in [0.2, 0.25) is 11.8 Å². The zero-order chi connectivity index (χ0) is 29.1. The van der Waals surface area contributed by atoms with Crippen molar-refractivity contribution in [1.29, 1.82) is 0 Å². The fourth-order valence-electron chi connectivity index (χ4n) is 5.89. The lowest BCUT2D eigenvalue weighted by Gasteiger charge is -2.44. The molecule has 224 valence electrons. The van der Waals surface area contributed by atoms with Gasteiger partial charge in [0, 0.05) is 38.3 Å². The van der Waals surface area contributed by atoms with Gasteiger partial charge < -0.3 is 24.8 Å². The number of hydrogen-bond acceptors (Lipinski definition) is 8. The number of rotatable bonds is 8. The number of pyridine rings is 1. The summed E-state index contributed by atoms with van der Waals surface area (Å²) in [6.45, 7) is 6.41. The third kappa shape index (κ3) is 6.83. The number of amides is 1. The number of halogens is 3. The molecule has 2 saturated heterocycles. The van der Waals surface area contributed by atoms with E-state index in [1.807, 2.05) is 19.9 Å². The quantitative estimate of drug-likeness (QED) is 0.493. The summed E-state index contributed by atoms with van der Waals surface area (Å²) in [7, 11) is 0. The third-order valence-electron chi connectivity index (χ3n) is 8.11. The van der Waals surface area contributed by atoms with E-state index in [1.165, 1.54) is 12.1 Å². The molecule has 5 rings (SSSR count). The molecule has 0 unspecified atom stereocenters. The lowest BCUT2D eigenvalue weighted by Crippen LogP contribution is -2.63. The van der Waals surface area contributed by atoms with Crippen molar-refractivity contribution in [2.75, 3.05) is 57.4 Å². The molecule has 1 amide bonds. The number of aromatic nitrogens is 1. The Balaban J connectivity index is 1.37. The fraction of sp³-hybridized carbons (Fsp3) is 0.586. The predicted molar refractivity (Wildman–Crippen MR) is 147 cm³/mol. The highest BCUT2D eigenvalue weighted by molar-refractivity contribution is 5.97. The number of carbonyl (C=O) groups is 1. The van der Waals surface area contributed by atoms with Crippen LogP contribution in [0.5, 0.6) is 5.88 Å². The summed E-state index contributed by atoms with van der Waals surface area (Å²) >= 11 is 0. The fourth-order valence-corrected chi connectivity index (χ4v) is 5.89. The van der Waals surface area contributed by atoms with Crippen LogP contribution >= 0.6 is 0 Å². The molecule has 4 atom stereocenters. The van der Waals surface area contributed by atoms with E-state index in [2.05, 4.69) is 15.2 Å². The van der Waals surface area contributed by atoms with E-state index in [0.29, 0.717) is 56.2 Å². The van der Waals surface area contributed by atoms with E-state index < -0.39 is 12.5 Å². The Morgan fingerprint density at radius 2 is 1.98 bits per heavy atom. The highest BCUT2D eigenvalue weighted by Gasteiger charge is 2.38. The SMILES string of the molecule is C[C@@H]1CN(CC(=O)N2c3cc(Cc4ccc(F)cc4)c(CO)nc3OC[C@@H]2C)[C@@H](CN2CCOC[C@H]2C(F)F)CN1. The van der Waals surface area contributed by atoms with Crippen molar-refractivity contribution in [3.8, 4) is 5.88 Å². The molecule has 2 fully saturated rings. The van der Waals surface area contributed by atoms with Crippen LogP contribution in [0.25, 0.3) is 0 Å². The molecule has 1 aromatic carbocycles. The number of piperazine rings is 1. The maximum absolute atomic E-state index is 14.0. The first-order valence-electron chi connectivity index (χ1n) is 14.1. The molecule has 12 heteroatoms. The van der Waals surface area contributed by atoms with Gasteiger partial charge in [-0.15, -0.1) is 0 Å². The molecule has 3 aliphatic rings. The average Bonchev–Trinajstić information content (AvgIpc) is 2.95. The molecule has 0 bridgehead atoms. The Morgan fingerprint density at radius 1 is 1.20 bits per heavy atom. The average molecular weight is 578 g/mol. The summed E-state index contributed by atoms with van der Waals surface area (Å²) in [5, 5.41) is 13.4. The number of carbonyl (C=O) groups excluding carboxylic acids is 1. The van der Waals surface area contributed by atoms with Crippen LogP contribution in [0.1, 0.15) is 30.7 Å². The summed E-state index contributed by atoms with van der Waals surface area (Å²) in [4.78, 5) is 24.0. The number of aliphatic hydroxyl groups is 1. The molecule has 0 saturated carbocycles. The third-order valence-corrected chi connectivity index (χ3v) is 8.11. The van der Waals surface area contributed by atoms with Gasteiger partial charge in [0.1, 0.15) is 18.1 Å². The normalized spacial score (nSPS) is 25.7. The van der Waals surface area contributed by atoms with Crippen LogP contribution in [0, 0.1) is 5.82 Å². The maximum atomic E-state index is 14.0. The predicted octanol–water partition coefficient (Wildman–Crippen LogP) is 2.05. The molecule has 0 aliphatic carbocycles. The van der Waals surface area contributed by atoms with Crippen LogP contribution in [0.4, 0.5) is 18.9 Å². The maximum Gasteiger partial charge on any atom is 0.256 e. The number of benzene rings is 1. The van der Waals surface area contributed by atoms with Gasteiger partial charge in [0.25, 0.3) is 6.43 Å². The summed E-state index contributed by atoms with van der Waals surface area (Å²) in [6, 6.07) is 6.72. The second-order valence-electron chi connectivity index (χ2n) is 11.2. The van der Waals surface area contributed by atoms with Crippen molar-refractivity contribution in [3.05, 3.63) is 53.0 Å². The molecule has 2 N–H and O–H groups in total. The van der Waals surface area contributed by atoms with Crippen LogP contribution < -0.4 is 15.0 Å². The van der Waals surface area contributed by atoms with Gasteiger partial charge >= 0.3 is 0 Å². The van der Waals surface area contributed by atoms with Crippen LogP contribution in [0.2, 0.25) is 0 Å².